The van der Waals surface area contributed by atoms with Gasteiger partial charge in [0.25, 0.3) is 5.91 Å². The van der Waals surface area contributed by atoms with Crippen molar-refractivity contribution in [3.63, 3.8) is 0 Å². The number of fused-ring (bicyclic) bond motifs is 2. The Bertz CT molecular complexity index is 1780. The van der Waals surface area contributed by atoms with E-state index < -0.39 is 0 Å². The zero-order valence-corrected chi connectivity index (χ0v) is 24.2. The van der Waals surface area contributed by atoms with Crippen molar-refractivity contribution in [2.24, 2.45) is 0 Å². The Hall–Kier alpha value is -5.32. The molecule has 2 amide bonds. The number of para-hydroxylation sites is 2. The monoisotopic (exact) mass is 583 g/mol. The van der Waals surface area contributed by atoms with E-state index in [9.17, 15) is 9.59 Å². The Labute approximate surface area is 248 Å². The number of aryl methyl sites for hydroxylation is 1. The van der Waals surface area contributed by atoms with Crippen molar-refractivity contribution >= 4 is 45.1 Å². The van der Waals surface area contributed by atoms with Crippen molar-refractivity contribution in [3.8, 4) is 23.1 Å². The number of nitrogens with one attached hydrogen (secondary N) is 2. The van der Waals surface area contributed by atoms with Crippen molar-refractivity contribution in [1.29, 1.82) is 0 Å². The van der Waals surface area contributed by atoms with Crippen molar-refractivity contribution in [3.05, 3.63) is 72.2 Å². The van der Waals surface area contributed by atoms with E-state index in [1.54, 1.807) is 63.5 Å². The number of unbranched alkanes of at least 4 members (excludes halogenated alkanes) is 2. The number of benzene rings is 3. The van der Waals surface area contributed by atoms with Gasteiger partial charge in [0.15, 0.2) is 11.5 Å². The second-order valence-corrected chi connectivity index (χ2v) is 9.87. The highest BCUT2D eigenvalue weighted by Crippen LogP contribution is 2.37. The highest BCUT2D eigenvalue weighted by Gasteiger charge is 2.19. The van der Waals surface area contributed by atoms with Crippen LogP contribution in [0.4, 0.5) is 11.4 Å². The number of furan rings is 1. The van der Waals surface area contributed by atoms with Crippen molar-refractivity contribution in [1.82, 2.24) is 15.3 Å². The van der Waals surface area contributed by atoms with E-state index in [-0.39, 0.29) is 11.8 Å². The minimum Gasteiger partial charge on any atom is -0.493 e. The lowest BCUT2D eigenvalue weighted by Gasteiger charge is -2.13. The van der Waals surface area contributed by atoms with Crippen LogP contribution in [0.25, 0.3) is 21.9 Å². The maximum atomic E-state index is 12.3. The standard InChI is InChI=1S/C32H33N5O6/c1-19-30(31(39)34-2)21-13-12-20(15-26(21)42-19)43-32-22-16-28(27(40-3)17-25(22)35-18-36-32)41-14-8-4-5-11-29(38)37-24-10-7-6-9-23(24)33/h6-7,9-10,12-13,15-18H,4-5,8,11,14,33H2,1-3H3,(H,34,39)(H,37,38). The summed E-state index contributed by atoms with van der Waals surface area (Å²) in [6, 6.07) is 16.0. The number of carbonyl (C=O) groups excluding carboxylic acids is 2. The number of nitrogens with two attached hydrogens (primary N) is 1. The van der Waals surface area contributed by atoms with Gasteiger partial charge >= 0.3 is 0 Å². The van der Waals surface area contributed by atoms with Crippen LogP contribution in [-0.4, -0.2) is 42.5 Å². The molecule has 5 aromatic rings. The predicted molar refractivity (Wildman–Crippen MR) is 164 cm³/mol. The van der Waals surface area contributed by atoms with Crippen molar-refractivity contribution < 1.29 is 28.2 Å². The lowest BCUT2D eigenvalue weighted by molar-refractivity contribution is -0.116. The summed E-state index contributed by atoms with van der Waals surface area (Å²) < 4.78 is 23.6. The van der Waals surface area contributed by atoms with E-state index in [1.165, 1.54) is 6.33 Å². The van der Waals surface area contributed by atoms with Gasteiger partial charge in [-0.25, -0.2) is 9.97 Å². The number of rotatable bonds is 12. The fraction of sp³-hybridized carbons (Fsp3) is 0.250. The Morgan fingerprint density at radius 1 is 0.977 bits per heavy atom. The number of nitrogen functional groups attached to an aromatic ring is 1. The fourth-order valence-electron chi connectivity index (χ4n) is 4.75. The van der Waals surface area contributed by atoms with Gasteiger partial charge < -0.3 is 35.0 Å². The molecule has 0 aliphatic carbocycles. The minimum atomic E-state index is -0.215. The van der Waals surface area contributed by atoms with Gasteiger partial charge in [-0.3, -0.25) is 9.59 Å². The summed E-state index contributed by atoms with van der Waals surface area (Å²) in [5.41, 5.74) is 8.69. The SMILES string of the molecule is CNC(=O)c1c(C)oc2cc(Oc3ncnc4cc(OC)c(OCCCCCC(=O)Nc5ccccc5N)cc34)ccc12. The van der Waals surface area contributed by atoms with E-state index in [2.05, 4.69) is 20.6 Å². The first kappa shape index (κ1) is 29.2. The van der Waals surface area contributed by atoms with E-state index >= 15 is 0 Å². The molecule has 222 valence electrons. The third kappa shape index (κ3) is 6.61. The number of ether oxygens (including phenoxy) is 3. The van der Waals surface area contributed by atoms with Gasteiger partial charge in [-0.1, -0.05) is 12.1 Å². The molecule has 11 heteroatoms. The van der Waals surface area contributed by atoms with Gasteiger partial charge in [0.1, 0.15) is 23.4 Å². The molecule has 0 aliphatic rings. The van der Waals surface area contributed by atoms with Gasteiger partial charge in [-0.2, -0.15) is 0 Å². The molecule has 0 aliphatic heterocycles. The molecule has 4 N–H and O–H groups in total. The van der Waals surface area contributed by atoms with Crippen LogP contribution in [0.2, 0.25) is 0 Å². The third-order valence-electron chi connectivity index (χ3n) is 6.93. The Morgan fingerprint density at radius 2 is 1.81 bits per heavy atom. The topological polar surface area (TPSA) is 151 Å². The lowest BCUT2D eigenvalue weighted by atomic mass is 10.1. The molecule has 0 saturated heterocycles. The minimum absolute atomic E-state index is 0.0734. The molecule has 5 rings (SSSR count). The van der Waals surface area contributed by atoms with Gasteiger partial charge in [-0.15, -0.1) is 0 Å². The Morgan fingerprint density at radius 3 is 2.60 bits per heavy atom. The first-order valence-corrected chi connectivity index (χ1v) is 13.9. The number of carbonyl (C=O) groups is 2. The maximum absolute atomic E-state index is 12.3. The van der Waals surface area contributed by atoms with Gasteiger partial charge in [0.2, 0.25) is 11.8 Å². The number of amides is 2. The van der Waals surface area contributed by atoms with E-state index in [0.717, 1.165) is 12.8 Å². The zero-order chi connectivity index (χ0) is 30.3. The van der Waals surface area contributed by atoms with Crippen LogP contribution in [0.1, 0.15) is 41.8 Å². The number of aromatic nitrogens is 2. The smallest absolute Gasteiger partial charge is 0.255 e. The van der Waals surface area contributed by atoms with Gasteiger partial charge in [0, 0.05) is 31.0 Å². The second-order valence-electron chi connectivity index (χ2n) is 9.87. The second kappa shape index (κ2) is 13.1. The number of anilines is 2. The van der Waals surface area contributed by atoms with Crippen molar-refractivity contribution in [2.45, 2.75) is 32.6 Å². The maximum Gasteiger partial charge on any atom is 0.255 e. The molecular formula is C32H33N5O6. The largest absolute Gasteiger partial charge is 0.493 e. The summed E-state index contributed by atoms with van der Waals surface area (Å²) >= 11 is 0. The fourth-order valence-corrected chi connectivity index (χ4v) is 4.75. The molecule has 2 heterocycles. The van der Waals surface area contributed by atoms with Crippen LogP contribution < -0.4 is 30.6 Å². The van der Waals surface area contributed by atoms with Crippen molar-refractivity contribution in [2.75, 3.05) is 31.8 Å². The Kier molecular flexibility index (Phi) is 8.90. The average Bonchev–Trinajstić information content (AvgIpc) is 3.34. The normalized spacial score (nSPS) is 11.0. The van der Waals surface area contributed by atoms with Gasteiger partial charge in [-0.05, 0) is 56.5 Å². The van der Waals surface area contributed by atoms with Gasteiger partial charge in [0.05, 0.1) is 41.6 Å². The quantitative estimate of drug-likeness (QED) is 0.119. The van der Waals surface area contributed by atoms with Crippen LogP contribution in [0.5, 0.6) is 23.1 Å². The summed E-state index contributed by atoms with van der Waals surface area (Å²) in [4.78, 5) is 33.2. The Balaban J connectivity index is 1.23. The molecule has 0 spiro atoms. The van der Waals surface area contributed by atoms with Crippen LogP contribution >= 0.6 is 0 Å². The molecule has 2 aromatic heterocycles. The molecule has 11 nitrogen and oxygen atoms in total. The predicted octanol–water partition coefficient (Wildman–Crippen LogP) is 6.01. The number of methoxy groups -OCH3 is 1. The molecule has 0 radical (unpaired) electrons. The van der Waals surface area contributed by atoms with Crippen LogP contribution in [0.3, 0.4) is 0 Å². The molecular weight excluding hydrogens is 550 g/mol. The summed E-state index contributed by atoms with van der Waals surface area (Å²) in [5, 5.41) is 6.81. The van der Waals surface area contributed by atoms with Crippen LogP contribution in [0.15, 0.2) is 65.3 Å². The number of hydrogen-bond acceptors (Lipinski definition) is 9. The lowest BCUT2D eigenvalue weighted by Crippen LogP contribution is -2.18. The summed E-state index contributed by atoms with van der Waals surface area (Å²) in [6.07, 6.45) is 4.08. The average molecular weight is 584 g/mol. The highest BCUT2D eigenvalue weighted by atomic mass is 16.5. The molecule has 0 bridgehead atoms. The first-order valence-electron chi connectivity index (χ1n) is 13.9. The third-order valence-corrected chi connectivity index (χ3v) is 6.93. The summed E-state index contributed by atoms with van der Waals surface area (Å²) in [7, 11) is 3.15. The molecule has 0 saturated carbocycles. The van der Waals surface area contributed by atoms with Crippen LogP contribution in [0, 0.1) is 6.92 Å². The van der Waals surface area contributed by atoms with E-state index in [4.69, 9.17) is 24.4 Å². The molecule has 0 fully saturated rings. The first-order chi connectivity index (χ1) is 20.9. The summed E-state index contributed by atoms with van der Waals surface area (Å²) in [6.45, 7) is 2.18. The van der Waals surface area contributed by atoms with E-state index in [1.807, 2.05) is 12.1 Å². The highest BCUT2D eigenvalue weighted by molar-refractivity contribution is 6.07. The number of nitrogens with zero attached hydrogens (tertiary/aromatic N) is 2. The zero-order valence-electron chi connectivity index (χ0n) is 24.2. The summed E-state index contributed by atoms with van der Waals surface area (Å²) in [5.74, 6) is 2.11. The molecule has 0 unspecified atom stereocenters. The van der Waals surface area contributed by atoms with Crippen LogP contribution in [-0.2, 0) is 4.79 Å². The molecule has 0 atom stereocenters. The van der Waals surface area contributed by atoms with E-state index in [0.29, 0.717) is 87.1 Å². The molecule has 3 aromatic carbocycles. The number of hydrogen-bond donors (Lipinski definition) is 3. The molecule has 43 heavy (non-hydrogen) atoms.